The number of para-hydroxylation sites is 2. The number of anilines is 1. The van der Waals surface area contributed by atoms with Gasteiger partial charge in [0, 0.05) is 13.1 Å². The third-order valence-corrected chi connectivity index (χ3v) is 5.00. The summed E-state index contributed by atoms with van der Waals surface area (Å²) in [6.07, 6.45) is 0. The number of rotatable bonds is 7. The fraction of sp³-hybridized carbons (Fsp3) is 0.389. The van der Waals surface area contributed by atoms with Gasteiger partial charge < -0.3 is 24.1 Å². The van der Waals surface area contributed by atoms with E-state index in [-0.39, 0.29) is 24.2 Å². The first-order chi connectivity index (χ1) is 14.2. The number of nitrogens with zero attached hydrogens (tertiary/aromatic N) is 5. The van der Waals surface area contributed by atoms with Gasteiger partial charge >= 0.3 is 6.01 Å². The first-order valence-electron chi connectivity index (χ1n) is 9.08. The lowest BCUT2D eigenvalue weighted by Gasteiger charge is -2.26. The number of oxazole rings is 1. The Hall–Kier alpha value is -2.92. The highest BCUT2D eigenvalue weighted by molar-refractivity contribution is 7.99. The fourth-order valence-electron chi connectivity index (χ4n) is 2.73. The number of benzene rings is 1. The number of methoxy groups -OCH3 is 1. The van der Waals surface area contributed by atoms with Crippen molar-refractivity contribution in [1.82, 2.24) is 25.3 Å². The number of aromatic nitrogens is 4. The third kappa shape index (κ3) is 4.93. The minimum Gasteiger partial charge on any atom is -0.467 e. The van der Waals surface area contributed by atoms with Gasteiger partial charge in [0.05, 0.1) is 32.6 Å². The van der Waals surface area contributed by atoms with Crippen LogP contribution < -0.4 is 15.0 Å². The SMILES string of the molecule is COc1nc(CNC(=O)CSc2nc3ccccc3o2)nc(N2CCOCC2)n1. The molecule has 1 amide bonds. The zero-order chi connectivity index (χ0) is 20.1. The van der Waals surface area contributed by atoms with E-state index in [2.05, 4.69) is 25.3 Å². The largest absolute Gasteiger partial charge is 0.467 e. The Kier molecular flexibility index (Phi) is 6.06. The minimum atomic E-state index is -0.176. The molecule has 1 aliphatic rings. The molecular formula is C18H20N6O4S. The lowest BCUT2D eigenvalue weighted by molar-refractivity contribution is -0.118. The number of morpholine rings is 1. The molecule has 1 aromatic carbocycles. The van der Waals surface area contributed by atoms with Gasteiger partial charge in [0.2, 0.25) is 11.9 Å². The number of hydrogen-bond acceptors (Lipinski definition) is 10. The zero-order valence-corrected chi connectivity index (χ0v) is 16.6. The summed E-state index contributed by atoms with van der Waals surface area (Å²) in [4.78, 5) is 31.5. The average molecular weight is 416 g/mol. The number of nitrogens with one attached hydrogen (secondary N) is 1. The van der Waals surface area contributed by atoms with Crippen LogP contribution in [-0.4, -0.2) is 65.0 Å². The Morgan fingerprint density at radius 1 is 1.21 bits per heavy atom. The highest BCUT2D eigenvalue weighted by Crippen LogP contribution is 2.22. The summed E-state index contributed by atoms with van der Waals surface area (Å²) in [6.45, 7) is 2.80. The van der Waals surface area contributed by atoms with Crippen LogP contribution in [0.15, 0.2) is 33.9 Å². The maximum Gasteiger partial charge on any atom is 0.321 e. The van der Waals surface area contributed by atoms with Crippen molar-refractivity contribution in [3.63, 3.8) is 0 Å². The van der Waals surface area contributed by atoms with E-state index in [0.717, 1.165) is 5.52 Å². The van der Waals surface area contributed by atoms with Crippen molar-refractivity contribution in [3.05, 3.63) is 30.1 Å². The number of hydrogen-bond donors (Lipinski definition) is 1. The maximum atomic E-state index is 12.2. The summed E-state index contributed by atoms with van der Waals surface area (Å²) < 4.78 is 16.1. The molecule has 0 saturated carbocycles. The summed E-state index contributed by atoms with van der Waals surface area (Å²) in [5, 5.41) is 3.26. The average Bonchev–Trinajstić information content (AvgIpc) is 3.19. The van der Waals surface area contributed by atoms with Crippen LogP contribution in [0.4, 0.5) is 5.95 Å². The number of fused-ring (bicyclic) bond motifs is 1. The first kappa shape index (κ1) is 19.4. The molecule has 1 saturated heterocycles. The predicted molar refractivity (Wildman–Crippen MR) is 106 cm³/mol. The van der Waals surface area contributed by atoms with Gasteiger partial charge in [0.1, 0.15) is 5.52 Å². The van der Waals surface area contributed by atoms with E-state index < -0.39 is 0 Å². The van der Waals surface area contributed by atoms with Crippen LogP contribution in [0.1, 0.15) is 5.82 Å². The Morgan fingerprint density at radius 3 is 2.83 bits per heavy atom. The molecule has 4 rings (SSSR count). The lowest BCUT2D eigenvalue weighted by Crippen LogP contribution is -2.37. The summed E-state index contributed by atoms with van der Waals surface area (Å²) in [7, 11) is 1.50. The normalized spacial score (nSPS) is 14.2. The van der Waals surface area contributed by atoms with Crippen molar-refractivity contribution in [3.8, 4) is 6.01 Å². The van der Waals surface area contributed by atoms with Crippen molar-refractivity contribution in [1.29, 1.82) is 0 Å². The second kappa shape index (κ2) is 9.05. The standard InChI is InChI=1S/C18H20N6O4S/c1-26-17-22-14(21-16(23-17)24-6-8-27-9-7-24)10-19-15(25)11-29-18-20-12-4-2-3-5-13(12)28-18/h2-5H,6-11H2,1H3,(H,19,25). The van der Waals surface area contributed by atoms with E-state index in [1.165, 1.54) is 18.9 Å². The summed E-state index contributed by atoms with van der Waals surface area (Å²) in [5.41, 5.74) is 1.46. The molecule has 0 spiro atoms. The van der Waals surface area contributed by atoms with Gasteiger partial charge in [-0.05, 0) is 12.1 Å². The van der Waals surface area contributed by atoms with E-state index in [1.807, 2.05) is 29.2 Å². The molecule has 11 heteroatoms. The molecule has 1 N–H and O–H groups in total. The molecule has 3 heterocycles. The van der Waals surface area contributed by atoms with E-state index in [0.29, 0.717) is 48.9 Å². The molecule has 3 aromatic rings. The van der Waals surface area contributed by atoms with Gasteiger partial charge in [0.15, 0.2) is 11.4 Å². The summed E-state index contributed by atoms with van der Waals surface area (Å²) in [6, 6.07) is 7.69. The number of carbonyl (C=O) groups is 1. The molecule has 0 bridgehead atoms. The van der Waals surface area contributed by atoms with Gasteiger partial charge in [-0.1, -0.05) is 23.9 Å². The zero-order valence-electron chi connectivity index (χ0n) is 15.8. The quantitative estimate of drug-likeness (QED) is 0.564. The van der Waals surface area contributed by atoms with Crippen LogP contribution in [0.5, 0.6) is 6.01 Å². The predicted octanol–water partition coefficient (Wildman–Crippen LogP) is 1.27. The van der Waals surface area contributed by atoms with Crippen LogP contribution >= 0.6 is 11.8 Å². The molecular weight excluding hydrogens is 396 g/mol. The molecule has 0 unspecified atom stereocenters. The van der Waals surface area contributed by atoms with Gasteiger partial charge in [-0.3, -0.25) is 4.79 Å². The van der Waals surface area contributed by atoms with Crippen molar-refractivity contribution in [2.45, 2.75) is 11.8 Å². The van der Waals surface area contributed by atoms with E-state index in [9.17, 15) is 4.79 Å². The van der Waals surface area contributed by atoms with Crippen LogP contribution in [0.3, 0.4) is 0 Å². The molecule has 29 heavy (non-hydrogen) atoms. The Labute approximate surface area is 171 Å². The van der Waals surface area contributed by atoms with Crippen molar-refractivity contribution >= 4 is 34.7 Å². The summed E-state index contributed by atoms with van der Waals surface area (Å²) in [5.74, 6) is 0.944. The van der Waals surface area contributed by atoms with Crippen molar-refractivity contribution < 1.29 is 18.7 Å². The number of ether oxygens (including phenoxy) is 2. The lowest BCUT2D eigenvalue weighted by atomic mass is 10.3. The minimum absolute atomic E-state index is 0.170. The first-order valence-corrected chi connectivity index (χ1v) is 10.1. The van der Waals surface area contributed by atoms with Gasteiger partial charge in [-0.2, -0.15) is 15.0 Å². The van der Waals surface area contributed by atoms with E-state index in [1.54, 1.807) is 0 Å². The van der Waals surface area contributed by atoms with E-state index in [4.69, 9.17) is 13.9 Å². The Balaban J connectivity index is 1.34. The molecule has 0 atom stereocenters. The fourth-order valence-corrected chi connectivity index (χ4v) is 3.40. The molecule has 10 nitrogen and oxygen atoms in total. The van der Waals surface area contributed by atoms with Gasteiger partial charge in [0.25, 0.3) is 5.22 Å². The highest BCUT2D eigenvalue weighted by Gasteiger charge is 2.17. The molecule has 152 valence electrons. The van der Waals surface area contributed by atoms with Gasteiger partial charge in [-0.25, -0.2) is 4.98 Å². The second-order valence-corrected chi connectivity index (χ2v) is 7.08. The maximum absolute atomic E-state index is 12.2. The summed E-state index contributed by atoms with van der Waals surface area (Å²) >= 11 is 1.23. The van der Waals surface area contributed by atoms with Crippen LogP contribution in [0.25, 0.3) is 11.1 Å². The third-order valence-electron chi connectivity index (χ3n) is 4.17. The molecule has 1 fully saturated rings. The van der Waals surface area contributed by atoms with Gasteiger partial charge in [-0.15, -0.1) is 0 Å². The molecule has 2 aromatic heterocycles. The van der Waals surface area contributed by atoms with Crippen molar-refractivity contribution in [2.24, 2.45) is 0 Å². The second-order valence-electron chi connectivity index (χ2n) is 6.15. The molecule has 1 aliphatic heterocycles. The number of carbonyl (C=O) groups excluding carboxylic acids is 1. The molecule has 0 aliphatic carbocycles. The number of amides is 1. The number of thioether (sulfide) groups is 1. The van der Waals surface area contributed by atoms with Crippen molar-refractivity contribution in [2.75, 3.05) is 44.1 Å². The molecule has 0 radical (unpaired) electrons. The smallest absolute Gasteiger partial charge is 0.321 e. The Morgan fingerprint density at radius 2 is 2.03 bits per heavy atom. The Bertz CT molecular complexity index is 958. The monoisotopic (exact) mass is 416 g/mol. The highest BCUT2D eigenvalue weighted by atomic mass is 32.2. The van der Waals surface area contributed by atoms with E-state index >= 15 is 0 Å². The van der Waals surface area contributed by atoms with Crippen LogP contribution in [-0.2, 0) is 16.1 Å². The van der Waals surface area contributed by atoms with Crippen LogP contribution in [0, 0.1) is 0 Å². The topological polar surface area (TPSA) is 116 Å². The van der Waals surface area contributed by atoms with Crippen LogP contribution in [0.2, 0.25) is 0 Å².